The maximum Gasteiger partial charge on any atom is 0.269 e. The van der Waals surface area contributed by atoms with E-state index in [9.17, 15) is 14.9 Å². The summed E-state index contributed by atoms with van der Waals surface area (Å²) >= 11 is 1.28. The number of hydrogen-bond donors (Lipinski definition) is 1. The number of nitro benzene ring substituents is 1. The molecule has 33 heavy (non-hydrogen) atoms. The fourth-order valence-corrected chi connectivity index (χ4v) is 4.41. The SMILES string of the molecule is CCOc1ccc(N=C2NC(=O)/C(=C\c3cc(C)n(-c4ccc([N+](=O)[O-])cc4)c3C)S2)cc1. The number of ether oxygens (including phenoxy) is 1. The van der Waals surface area contributed by atoms with Gasteiger partial charge in [-0.15, -0.1) is 0 Å². The van der Waals surface area contributed by atoms with Crippen molar-refractivity contribution in [2.24, 2.45) is 4.99 Å². The van der Waals surface area contributed by atoms with Gasteiger partial charge in [-0.2, -0.15) is 0 Å². The molecule has 9 heteroatoms. The van der Waals surface area contributed by atoms with Gasteiger partial charge in [-0.25, -0.2) is 4.99 Å². The number of rotatable bonds is 6. The minimum Gasteiger partial charge on any atom is -0.494 e. The fourth-order valence-electron chi connectivity index (χ4n) is 3.58. The first kappa shape index (κ1) is 22.3. The van der Waals surface area contributed by atoms with Gasteiger partial charge in [-0.1, -0.05) is 0 Å². The first-order valence-electron chi connectivity index (χ1n) is 10.3. The number of aryl methyl sites for hydroxylation is 1. The molecule has 0 unspecified atom stereocenters. The van der Waals surface area contributed by atoms with E-state index in [1.807, 2.05) is 61.7 Å². The summed E-state index contributed by atoms with van der Waals surface area (Å²) in [7, 11) is 0. The number of amidine groups is 1. The third kappa shape index (κ3) is 4.83. The molecule has 3 aromatic rings. The standard InChI is InChI=1S/C24H22N4O4S/c1-4-32-21-11-5-18(6-12-21)25-24-26-23(29)22(33-24)14-17-13-15(2)27(16(17)3)19-7-9-20(10-8-19)28(30)31/h5-14H,4H2,1-3H3,(H,25,26,29)/b22-14+. The fraction of sp³-hybridized carbons (Fsp3) is 0.167. The van der Waals surface area contributed by atoms with Crippen molar-refractivity contribution in [2.75, 3.05) is 6.61 Å². The Labute approximate surface area is 195 Å². The molecule has 1 saturated heterocycles. The number of aromatic nitrogens is 1. The van der Waals surface area contributed by atoms with Crippen LogP contribution in [0.5, 0.6) is 5.75 Å². The van der Waals surface area contributed by atoms with Crippen molar-refractivity contribution in [1.82, 2.24) is 9.88 Å². The van der Waals surface area contributed by atoms with E-state index in [0.717, 1.165) is 34.1 Å². The number of aliphatic imine (C=N–C) groups is 1. The maximum absolute atomic E-state index is 12.5. The van der Waals surface area contributed by atoms with E-state index in [-0.39, 0.29) is 11.6 Å². The topological polar surface area (TPSA) is 98.8 Å². The van der Waals surface area contributed by atoms with Crippen molar-refractivity contribution in [1.29, 1.82) is 0 Å². The summed E-state index contributed by atoms with van der Waals surface area (Å²) in [5, 5.41) is 14.2. The van der Waals surface area contributed by atoms with E-state index < -0.39 is 4.92 Å². The molecule has 168 valence electrons. The Balaban J connectivity index is 1.57. The molecule has 0 saturated carbocycles. The molecule has 1 aliphatic heterocycles. The van der Waals surface area contributed by atoms with Crippen molar-refractivity contribution in [3.63, 3.8) is 0 Å². The van der Waals surface area contributed by atoms with Crippen LogP contribution in [0.3, 0.4) is 0 Å². The summed E-state index contributed by atoms with van der Waals surface area (Å²) in [6, 6.07) is 15.7. The third-order valence-corrected chi connectivity index (χ3v) is 6.01. The zero-order valence-corrected chi connectivity index (χ0v) is 19.2. The number of non-ortho nitro benzene ring substituents is 1. The van der Waals surface area contributed by atoms with Gasteiger partial charge in [0.05, 0.1) is 22.1 Å². The average Bonchev–Trinajstić information content (AvgIpc) is 3.27. The highest BCUT2D eigenvalue weighted by atomic mass is 32.2. The lowest BCUT2D eigenvalue weighted by atomic mass is 10.2. The molecule has 0 bridgehead atoms. The molecule has 1 aromatic heterocycles. The minimum absolute atomic E-state index is 0.0435. The van der Waals surface area contributed by atoms with Gasteiger partial charge in [0.2, 0.25) is 0 Å². The zero-order valence-electron chi connectivity index (χ0n) is 18.4. The molecule has 0 atom stereocenters. The third-order valence-electron chi connectivity index (χ3n) is 5.10. The summed E-state index contributed by atoms with van der Waals surface area (Å²) in [4.78, 5) is 28.1. The molecule has 0 aliphatic carbocycles. The van der Waals surface area contributed by atoms with Crippen molar-refractivity contribution in [3.8, 4) is 11.4 Å². The maximum atomic E-state index is 12.5. The van der Waals surface area contributed by atoms with Crippen LogP contribution < -0.4 is 10.1 Å². The smallest absolute Gasteiger partial charge is 0.269 e. The Morgan fingerprint density at radius 3 is 2.48 bits per heavy atom. The molecule has 0 spiro atoms. The highest BCUT2D eigenvalue weighted by Crippen LogP contribution is 2.31. The van der Waals surface area contributed by atoms with Gasteiger partial charge in [0.15, 0.2) is 5.17 Å². The van der Waals surface area contributed by atoms with Crippen LogP contribution in [0.2, 0.25) is 0 Å². The van der Waals surface area contributed by atoms with Crippen LogP contribution in [0.25, 0.3) is 11.8 Å². The second kappa shape index (κ2) is 9.33. The Morgan fingerprint density at radius 1 is 1.15 bits per heavy atom. The quantitative estimate of drug-likeness (QED) is 0.305. The summed E-state index contributed by atoms with van der Waals surface area (Å²) in [6.07, 6.45) is 1.84. The normalized spacial score (nSPS) is 15.8. The Morgan fingerprint density at radius 2 is 1.85 bits per heavy atom. The second-order valence-electron chi connectivity index (χ2n) is 7.34. The average molecular weight is 463 g/mol. The number of hydrogen-bond acceptors (Lipinski definition) is 6. The summed E-state index contributed by atoms with van der Waals surface area (Å²) in [5.41, 5.74) is 4.37. The van der Waals surface area contributed by atoms with E-state index in [4.69, 9.17) is 4.74 Å². The van der Waals surface area contributed by atoms with E-state index >= 15 is 0 Å². The molecular weight excluding hydrogens is 440 g/mol. The number of carbonyl (C=O) groups is 1. The van der Waals surface area contributed by atoms with Gasteiger partial charge in [-0.05, 0) is 86.6 Å². The summed E-state index contributed by atoms with van der Waals surface area (Å²) in [5.74, 6) is 0.568. The second-order valence-corrected chi connectivity index (χ2v) is 8.37. The molecule has 8 nitrogen and oxygen atoms in total. The highest BCUT2D eigenvalue weighted by molar-refractivity contribution is 8.18. The molecule has 2 aromatic carbocycles. The lowest BCUT2D eigenvalue weighted by Crippen LogP contribution is -2.19. The van der Waals surface area contributed by atoms with E-state index in [0.29, 0.717) is 16.7 Å². The van der Waals surface area contributed by atoms with Crippen LogP contribution >= 0.6 is 11.8 Å². The van der Waals surface area contributed by atoms with Crippen LogP contribution in [-0.4, -0.2) is 27.2 Å². The molecule has 1 aliphatic rings. The Kier molecular flexibility index (Phi) is 6.32. The van der Waals surface area contributed by atoms with Gasteiger partial charge >= 0.3 is 0 Å². The number of carbonyl (C=O) groups excluding carboxylic acids is 1. The largest absolute Gasteiger partial charge is 0.494 e. The van der Waals surface area contributed by atoms with Gasteiger partial charge < -0.3 is 14.6 Å². The number of benzene rings is 2. The number of nitrogens with zero attached hydrogens (tertiary/aromatic N) is 3. The molecule has 4 rings (SSSR count). The predicted molar refractivity (Wildman–Crippen MR) is 130 cm³/mol. The van der Waals surface area contributed by atoms with Gasteiger partial charge in [0, 0.05) is 29.2 Å². The van der Waals surface area contributed by atoms with Crippen LogP contribution in [0, 0.1) is 24.0 Å². The van der Waals surface area contributed by atoms with Gasteiger partial charge in [0.1, 0.15) is 5.75 Å². The monoisotopic (exact) mass is 462 g/mol. The molecule has 2 heterocycles. The number of amides is 1. The summed E-state index contributed by atoms with van der Waals surface area (Å²) < 4.78 is 7.44. The highest BCUT2D eigenvalue weighted by Gasteiger charge is 2.24. The van der Waals surface area contributed by atoms with Gasteiger partial charge in [0.25, 0.3) is 11.6 Å². The molecular formula is C24H22N4O4S. The number of nitrogens with one attached hydrogen (secondary N) is 1. The first-order valence-corrected chi connectivity index (χ1v) is 11.1. The lowest BCUT2D eigenvalue weighted by molar-refractivity contribution is -0.384. The summed E-state index contributed by atoms with van der Waals surface area (Å²) in [6.45, 7) is 6.43. The van der Waals surface area contributed by atoms with Gasteiger partial charge in [-0.3, -0.25) is 14.9 Å². The van der Waals surface area contributed by atoms with Crippen molar-refractivity contribution >= 4 is 40.3 Å². The number of nitro groups is 1. The zero-order chi connectivity index (χ0) is 23.5. The van der Waals surface area contributed by atoms with Crippen molar-refractivity contribution < 1.29 is 14.5 Å². The lowest BCUT2D eigenvalue weighted by Gasteiger charge is -2.09. The Hall–Kier alpha value is -3.85. The molecule has 1 amide bonds. The molecule has 1 fully saturated rings. The van der Waals surface area contributed by atoms with Crippen molar-refractivity contribution in [2.45, 2.75) is 20.8 Å². The van der Waals surface area contributed by atoms with Crippen LogP contribution in [0.1, 0.15) is 23.9 Å². The van der Waals surface area contributed by atoms with E-state index in [1.165, 1.54) is 23.9 Å². The van der Waals surface area contributed by atoms with Crippen LogP contribution in [0.4, 0.5) is 11.4 Å². The van der Waals surface area contributed by atoms with Crippen LogP contribution in [-0.2, 0) is 4.79 Å². The van der Waals surface area contributed by atoms with Crippen LogP contribution in [0.15, 0.2) is 64.5 Å². The first-order chi connectivity index (χ1) is 15.9. The van der Waals surface area contributed by atoms with E-state index in [1.54, 1.807) is 12.1 Å². The Bertz CT molecular complexity index is 1280. The predicted octanol–water partition coefficient (Wildman–Crippen LogP) is 5.29. The molecule has 1 N–H and O–H groups in total. The minimum atomic E-state index is -0.419. The van der Waals surface area contributed by atoms with E-state index in [2.05, 4.69) is 10.3 Å². The molecule has 0 radical (unpaired) electrons. The number of thioether (sulfide) groups is 1. The van der Waals surface area contributed by atoms with Crippen molar-refractivity contribution in [3.05, 3.63) is 86.6 Å².